The first-order valence-electron chi connectivity index (χ1n) is 5.81. The summed E-state index contributed by atoms with van der Waals surface area (Å²) in [7, 11) is 0. The third-order valence-electron chi connectivity index (χ3n) is 2.45. The fraction of sp³-hybridized carbons (Fsp3) is 0.667. The van der Waals surface area contributed by atoms with Crippen molar-refractivity contribution in [2.24, 2.45) is 0 Å². The molecule has 0 aromatic rings. The van der Waals surface area contributed by atoms with E-state index in [1.807, 2.05) is 6.92 Å². The Labute approximate surface area is 96.5 Å². The van der Waals surface area contributed by atoms with Crippen LogP contribution in [0.2, 0.25) is 0 Å². The minimum absolute atomic E-state index is 0.226. The summed E-state index contributed by atoms with van der Waals surface area (Å²) in [6, 6.07) is -0.204. The molecule has 0 heterocycles. The molecule has 1 atom stereocenters. The molecule has 0 radical (unpaired) electrons. The predicted molar refractivity (Wildman–Crippen MR) is 62.8 cm³/mol. The van der Waals surface area contributed by atoms with E-state index in [1.165, 1.54) is 0 Å². The van der Waals surface area contributed by atoms with Crippen LogP contribution in [0.3, 0.4) is 0 Å². The molecule has 1 fully saturated rings. The van der Waals surface area contributed by atoms with E-state index in [1.54, 1.807) is 6.92 Å². The van der Waals surface area contributed by atoms with E-state index in [0.29, 0.717) is 12.1 Å². The van der Waals surface area contributed by atoms with Crippen molar-refractivity contribution < 1.29 is 9.59 Å². The average molecular weight is 224 g/mol. The van der Waals surface area contributed by atoms with Crippen LogP contribution in [0.15, 0.2) is 12.3 Å². The summed E-state index contributed by atoms with van der Waals surface area (Å²) in [5, 5.41) is 5.66. The van der Waals surface area contributed by atoms with Gasteiger partial charge in [-0.1, -0.05) is 19.9 Å². The molecule has 1 amide bonds. The Hall–Kier alpha value is -1.32. The lowest BCUT2D eigenvalue weighted by molar-refractivity contribution is -0.139. The number of allylic oxidation sites excluding steroid dienone is 1. The fourth-order valence-electron chi connectivity index (χ4n) is 1.50. The molecule has 0 unspecified atom stereocenters. The number of amides is 1. The lowest BCUT2D eigenvalue weighted by atomic mass is 10.1. The lowest BCUT2D eigenvalue weighted by Gasteiger charge is -2.17. The van der Waals surface area contributed by atoms with Gasteiger partial charge in [0.15, 0.2) is 0 Å². The summed E-state index contributed by atoms with van der Waals surface area (Å²) in [4.78, 5) is 23.4. The molecule has 1 aliphatic carbocycles. The molecule has 0 saturated heterocycles. The Kier molecular flexibility index (Phi) is 4.52. The van der Waals surface area contributed by atoms with Crippen molar-refractivity contribution in [3.05, 3.63) is 12.3 Å². The van der Waals surface area contributed by atoms with Crippen molar-refractivity contribution >= 4 is 11.7 Å². The fourth-order valence-corrected chi connectivity index (χ4v) is 1.50. The molecular formula is C12H20N2O2. The number of Topliss-reactive ketones (excluding diaryl/α,β-unsaturated/α-hetero) is 1. The van der Waals surface area contributed by atoms with Gasteiger partial charge in [-0.25, -0.2) is 0 Å². The molecule has 4 nitrogen and oxygen atoms in total. The highest BCUT2D eigenvalue weighted by atomic mass is 16.2. The van der Waals surface area contributed by atoms with Gasteiger partial charge in [0, 0.05) is 11.7 Å². The normalized spacial score (nSPS) is 16.4. The smallest absolute Gasteiger partial charge is 0.289 e. The summed E-state index contributed by atoms with van der Waals surface area (Å²) in [6.07, 6.45) is 3.49. The Morgan fingerprint density at radius 3 is 2.50 bits per heavy atom. The first kappa shape index (κ1) is 12.7. The second kappa shape index (κ2) is 5.68. The summed E-state index contributed by atoms with van der Waals surface area (Å²) >= 11 is 0. The molecule has 2 N–H and O–H groups in total. The molecule has 90 valence electrons. The van der Waals surface area contributed by atoms with Gasteiger partial charge in [-0.15, -0.1) is 0 Å². The van der Waals surface area contributed by atoms with Gasteiger partial charge in [0.2, 0.25) is 5.78 Å². The minimum Gasteiger partial charge on any atom is -0.379 e. The largest absolute Gasteiger partial charge is 0.379 e. The zero-order valence-corrected chi connectivity index (χ0v) is 10.0. The lowest BCUT2D eigenvalue weighted by Crippen LogP contribution is -2.45. The van der Waals surface area contributed by atoms with Gasteiger partial charge in [-0.3, -0.25) is 9.59 Å². The van der Waals surface area contributed by atoms with Crippen LogP contribution in [0.1, 0.15) is 39.5 Å². The quantitative estimate of drug-likeness (QED) is 0.637. The van der Waals surface area contributed by atoms with Gasteiger partial charge in [-0.2, -0.15) is 0 Å². The van der Waals surface area contributed by atoms with E-state index in [4.69, 9.17) is 0 Å². The number of hydrogen-bond donors (Lipinski definition) is 2. The molecule has 0 bridgehead atoms. The predicted octanol–water partition coefficient (Wildman–Crippen LogP) is 1.13. The van der Waals surface area contributed by atoms with Crippen molar-refractivity contribution in [1.29, 1.82) is 0 Å². The number of ketones is 1. The maximum absolute atomic E-state index is 11.8. The van der Waals surface area contributed by atoms with E-state index in [2.05, 4.69) is 17.2 Å². The average Bonchev–Trinajstić information content (AvgIpc) is 2.99. The van der Waals surface area contributed by atoms with E-state index >= 15 is 0 Å². The van der Waals surface area contributed by atoms with Crippen LogP contribution in [0.5, 0.6) is 0 Å². The van der Waals surface area contributed by atoms with Crippen LogP contribution in [0.4, 0.5) is 0 Å². The SMILES string of the molecule is C=C(C)N[C@@H](CCC)C(=O)C(=O)NC1CC1. The first-order chi connectivity index (χ1) is 7.54. The molecule has 1 rings (SSSR count). The van der Waals surface area contributed by atoms with Gasteiger partial charge in [0.05, 0.1) is 6.04 Å². The van der Waals surface area contributed by atoms with Crippen LogP contribution in [-0.2, 0) is 9.59 Å². The van der Waals surface area contributed by atoms with Crippen LogP contribution in [0, 0.1) is 0 Å². The molecule has 1 saturated carbocycles. The van der Waals surface area contributed by atoms with Crippen molar-refractivity contribution in [3.8, 4) is 0 Å². The van der Waals surface area contributed by atoms with Gasteiger partial charge >= 0.3 is 0 Å². The number of hydrogen-bond acceptors (Lipinski definition) is 3. The van der Waals surface area contributed by atoms with Gasteiger partial charge < -0.3 is 10.6 Å². The molecule has 1 aliphatic rings. The van der Waals surface area contributed by atoms with Crippen molar-refractivity contribution in [1.82, 2.24) is 10.6 Å². The van der Waals surface area contributed by atoms with E-state index < -0.39 is 11.9 Å². The van der Waals surface area contributed by atoms with Crippen LogP contribution in [-0.4, -0.2) is 23.8 Å². The van der Waals surface area contributed by atoms with E-state index in [9.17, 15) is 9.59 Å². The Bertz CT molecular complexity index is 295. The van der Waals surface area contributed by atoms with Crippen LogP contribution >= 0.6 is 0 Å². The van der Waals surface area contributed by atoms with E-state index in [-0.39, 0.29) is 11.8 Å². The standard InChI is InChI=1S/C12H20N2O2/c1-4-5-10(13-8(2)3)11(15)12(16)14-9-6-7-9/h9-10,13H,2,4-7H2,1,3H3,(H,14,16)/t10-/m0/s1. The van der Waals surface area contributed by atoms with E-state index in [0.717, 1.165) is 19.3 Å². The number of rotatable bonds is 7. The highest BCUT2D eigenvalue weighted by Crippen LogP contribution is 2.18. The molecule has 16 heavy (non-hydrogen) atoms. The molecule has 0 aromatic heterocycles. The second-order valence-corrected chi connectivity index (χ2v) is 4.38. The minimum atomic E-state index is -0.463. The van der Waals surface area contributed by atoms with Crippen molar-refractivity contribution in [2.75, 3.05) is 0 Å². The molecule has 0 aromatic carbocycles. The van der Waals surface area contributed by atoms with Crippen LogP contribution < -0.4 is 10.6 Å². The second-order valence-electron chi connectivity index (χ2n) is 4.38. The Balaban J connectivity index is 2.49. The summed E-state index contributed by atoms with van der Waals surface area (Å²) in [6.45, 7) is 7.47. The van der Waals surface area contributed by atoms with Crippen molar-refractivity contribution in [3.63, 3.8) is 0 Å². The highest BCUT2D eigenvalue weighted by molar-refractivity contribution is 6.38. The highest BCUT2D eigenvalue weighted by Gasteiger charge is 2.29. The summed E-state index contributed by atoms with van der Waals surface area (Å²) < 4.78 is 0. The number of carbonyl (C=O) groups excluding carboxylic acids is 2. The number of nitrogens with one attached hydrogen (secondary N) is 2. The molecule has 4 heteroatoms. The zero-order valence-electron chi connectivity index (χ0n) is 10.0. The zero-order chi connectivity index (χ0) is 12.1. The molecule has 0 spiro atoms. The topological polar surface area (TPSA) is 58.2 Å². The maximum atomic E-state index is 11.8. The van der Waals surface area contributed by atoms with Gasteiger partial charge in [-0.05, 0) is 26.2 Å². The molecule has 0 aliphatic heterocycles. The Morgan fingerprint density at radius 1 is 1.44 bits per heavy atom. The molecular weight excluding hydrogens is 204 g/mol. The van der Waals surface area contributed by atoms with Crippen molar-refractivity contribution in [2.45, 2.75) is 51.6 Å². The Morgan fingerprint density at radius 2 is 2.06 bits per heavy atom. The third kappa shape index (κ3) is 4.04. The summed E-state index contributed by atoms with van der Waals surface area (Å²) in [5.41, 5.74) is 0.714. The first-order valence-corrected chi connectivity index (χ1v) is 5.81. The van der Waals surface area contributed by atoms with Gasteiger partial charge in [0.25, 0.3) is 5.91 Å². The number of carbonyl (C=O) groups is 2. The maximum Gasteiger partial charge on any atom is 0.289 e. The van der Waals surface area contributed by atoms with Crippen LogP contribution in [0.25, 0.3) is 0 Å². The monoisotopic (exact) mass is 224 g/mol. The third-order valence-corrected chi connectivity index (χ3v) is 2.45. The van der Waals surface area contributed by atoms with Gasteiger partial charge in [0.1, 0.15) is 0 Å². The summed E-state index contributed by atoms with van der Waals surface area (Å²) in [5.74, 6) is -0.841.